The molecule has 2 N–H and O–H groups in total. The van der Waals surface area contributed by atoms with Crippen LogP contribution < -0.4 is 5.73 Å². The Kier molecular flexibility index (Phi) is 2.55. The summed E-state index contributed by atoms with van der Waals surface area (Å²) < 4.78 is 0. The summed E-state index contributed by atoms with van der Waals surface area (Å²) in [5.41, 5.74) is 6.18. The quantitative estimate of drug-likeness (QED) is 0.662. The summed E-state index contributed by atoms with van der Waals surface area (Å²) in [4.78, 5) is 2.49. The lowest BCUT2D eigenvalue weighted by Gasteiger charge is -2.49. The van der Waals surface area contributed by atoms with E-state index in [1.807, 2.05) is 0 Å². The minimum absolute atomic E-state index is 0.544. The molecule has 0 amide bonds. The second-order valence-electron chi connectivity index (χ2n) is 4.37. The molecule has 0 radical (unpaired) electrons. The first-order chi connectivity index (χ1) is 5.09. The minimum Gasteiger partial charge on any atom is -0.329 e. The van der Waals surface area contributed by atoms with Crippen molar-refractivity contribution in [3.05, 3.63) is 0 Å². The number of likely N-dealkylation sites (tertiary alicyclic amines) is 1. The monoisotopic (exact) mass is 156 g/mol. The van der Waals surface area contributed by atoms with E-state index in [2.05, 4.69) is 25.7 Å². The Morgan fingerprint density at radius 2 is 2.00 bits per heavy atom. The van der Waals surface area contributed by atoms with Gasteiger partial charge in [0.05, 0.1) is 0 Å². The SMILES string of the molecule is CCC(CN)N1CC(C)(C)C1. The Hall–Kier alpha value is -0.0800. The fourth-order valence-corrected chi connectivity index (χ4v) is 1.89. The van der Waals surface area contributed by atoms with Crippen molar-refractivity contribution in [3.8, 4) is 0 Å². The van der Waals surface area contributed by atoms with Crippen molar-refractivity contribution in [3.63, 3.8) is 0 Å². The molecule has 1 atom stereocenters. The van der Waals surface area contributed by atoms with Crippen LogP contribution in [0.5, 0.6) is 0 Å². The van der Waals surface area contributed by atoms with Crippen molar-refractivity contribution >= 4 is 0 Å². The van der Waals surface area contributed by atoms with Crippen LogP contribution in [0.25, 0.3) is 0 Å². The van der Waals surface area contributed by atoms with Gasteiger partial charge in [-0.1, -0.05) is 20.8 Å². The third-order valence-corrected chi connectivity index (χ3v) is 2.52. The van der Waals surface area contributed by atoms with Gasteiger partial charge in [-0.3, -0.25) is 4.90 Å². The fraction of sp³-hybridized carbons (Fsp3) is 1.00. The van der Waals surface area contributed by atoms with Crippen LogP contribution in [0.1, 0.15) is 27.2 Å². The van der Waals surface area contributed by atoms with Crippen LogP contribution in [0.3, 0.4) is 0 Å². The van der Waals surface area contributed by atoms with Crippen molar-refractivity contribution < 1.29 is 0 Å². The van der Waals surface area contributed by atoms with E-state index in [9.17, 15) is 0 Å². The zero-order valence-corrected chi connectivity index (χ0v) is 7.93. The van der Waals surface area contributed by atoms with Crippen LogP contribution in [0.2, 0.25) is 0 Å². The zero-order chi connectivity index (χ0) is 8.48. The van der Waals surface area contributed by atoms with Crippen molar-refractivity contribution in [1.82, 2.24) is 4.90 Å². The molecule has 0 aromatic carbocycles. The molecule has 1 aliphatic heterocycles. The van der Waals surface area contributed by atoms with Crippen molar-refractivity contribution in [2.45, 2.75) is 33.2 Å². The summed E-state index contributed by atoms with van der Waals surface area (Å²) in [5.74, 6) is 0. The third-order valence-electron chi connectivity index (χ3n) is 2.52. The van der Waals surface area contributed by atoms with Gasteiger partial charge in [0.2, 0.25) is 0 Å². The third kappa shape index (κ3) is 1.94. The first-order valence-corrected chi connectivity index (χ1v) is 4.53. The molecule has 0 aromatic rings. The molecule has 0 aromatic heterocycles. The van der Waals surface area contributed by atoms with Gasteiger partial charge in [-0.15, -0.1) is 0 Å². The second kappa shape index (κ2) is 3.11. The minimum atomic E-state index is 0.544. The van der Waals surface area contributed by atoms with Crippen LogP contribution in [0, 0.1) is 5.41 Å². The van der Waals surface area contributed by atoms with Crippen molar-refractivity contribution in [2.75, 3.05) is 19.6 Å². The Bertz CT molecular complexity index is 120. The van der Waals surface area contributed by atoms with E-state index in [0.29, 0.717) is 11.5 Å². The van der Waals surface area contributed by atoms with Gasteiger partial charge in [0.25, 0.3) is 0 Å². The Labute approximate surface area is 69.8 Å². The van der Waals surface area contributed by atoms with E-state index in [0.717, 1.165) is 6.54 Å². The van der Waals surface area contributed by atoms with E-state index < -0.39 is 0 Å². The summed E-state index contributed by atoms with van der Waals surface area (Å²) in [5, 5.41) is 0. The van der Waals surface area contributed by atoms with Gasteiger partial charge in [-0.05, 0) is 11.8 Å². The first-order valence-electron chi connectivity index (χ1n) is 4.53. The molecule has 1 rings (SSSR count). The summed E-state index contributed by atoms with van der Waals surface area (Å²) >= 11 is 0. The van der Waals surface area contributed by atoms with Gasteiger partial charge in [0.15, 0.2) is 0 Å². The lowest BCUT2D eigenvalue weighted by atomic mass is 9.83. The summed E-state index contributed by atoms with van der Waals surface area (Å²) in [7, 11) is 0. The molecule has 1 saturated heterocycles. The highest BCUT2D eigenvalue weighted by molar-refractivity contribution is 4.91. The molecular formula is C9H20N2. The molecule has 1 aliphatic rings. The van der Waals surface area contributed by atoms with Gasteiger partial charge >= 0.3 is 0 Å². The average Bonchev–Trinajstić information content (AvgIpc) is 1.86. The van der Waals surface area contributed by atoms with Crippen molar-refractivity contribution in [2.24, 2.45) is 11.1 Å². The highest BCUT2D eigenvalue weighted by Crippen LogP contribution is 2.30. The van der Waals surface area contributed by atoms with Gasteiger partial charge in [-0.2, -0.15) is 0 Å². The van der Waals surface area contributed by atoms with Crippen LogP contribution in [0.15, 0.2) is 0 Å². The summed E-state index contributed by atoms with van der Waals surface area (Å²) in [6.07, 6.45) is 1.19. The predicted octanol–water partition coefficient (Wildman–Crippen LogP) is 1.07. The van der Waals surface area contributed by atoms with Crippen LogP contribution >= 0.6 is 0 Å². The van der Waals surface area contributed by atoms with E-state index in [1.54, 1.807) is 0 Å². The normalized spacial score (nSPS) is 26.2. The zero-order valence-electron chi connectivity index (χ0n) is 7.93. The lowest BCUT2D eigenvalue weighted by Crippen LogP contribution is -2.58. The van der Waals surface area contributed by atoms with Crippen LogP contribution in [-0.4, -0.2) is 30.6 Å². The Morgan fingerprint density at radius 3 is 2.27 bits per heavy atom. The van der Waals surface area contributed by atoms with Gasteiger partial charge in [0.1, 0.15) is 0 Å². The molecule has 0 spiro atoms. The Morgan fingerprint density at radius 1 is 1.45 bits per heavy atom. The number of rotatable bonds is 3. The second-order valence-corrected chi connectivity index (χ2v) is 4.37. The first kappa shape index (κ1) is 9.01. The molecule has 2 nitrogen and oxygen atoms in total. The molecule has 1 unspecified atom stereocenters. The molecule has 1 heterocycles. The lowest BCUT2D eigenvalue weighted by molar-refractivity contribution is -0.00422. The molecular weight excluding hydrogens is 136 g/mol. The average molecular weight is 156 g/mol. The maximum Gasteiger partial charge on any atom is 0.0216 e. The van der Waals surface area contributed by atoms with E-state index in [-0.39, 0.29) is 0 Å². The standard InChI is InChI=1S/C9H20N2/c1-4-8(5-10)11-6-9(2,3)7-11/h8H,4-7,10H2,1-3H3. The number of nitrogens with two attached hydrogens (primary N) is 1. The number of hydrogen-bond donors (Lipinski definition) is 1. The van der Waals surface area contributed by atoms with E-state index >= 15 is 0 Å². The highest BCUT2D eigenvalue weighted by Gasteiger charge is 2.36. The predicted molar refractivity (Wildman–Crippen MR) is 48.5 cm³/mol. The molecule has 11 heavy (non-hydrogen) atoms. The van der Waals surface area contributed by atoms with Gasteiger partial charge in [0, 0.05) is 25.7 Å². The smallest absolute Gasteiger partial charge is 0.0216 e. The molecule has 0 saturated carbocycles. The maximum absolute atomic E-state index is 5.64. The van der Waals surface area contributed by atoms with Gasteiger partial charge in [-0.25, -0.2) is 0 Å². The van der Waals surface area contributed by atoms with E-state index in [4.69, 9.17) is 5.73 Å². The highest BCUT2D eigenvalue weighted by atomic mass is 15.2. The number of nitrogens with zero attached hydrogens (tertiary/aromatic N) is 1. The molecule has 2 heteroatoms. The van der Waals surface area contributed by atoms with Gasteiger partial charge < -0.3 is 5.73 Å². The maximum atomic E-state index is 5.64. The van der Waals surface area contributed by atoms with E-state index in [1.165, 1.54) is 19.5 Å². The van der Waals surface area contributed by atoms with Crippen molar-refractivity contribution in [1.29, 1.82) is 0 Å². The molecule has 1 fully saturated rings. The topological polar surface area (TPSA) is 29.3 Å². The summed E-state index contributed by atoms with van der Waals surface area (Å²) in [6, 6.07) is 0.628. The van der Waals surface area contributed by atoms with Crippen LogP contribution in [0.4, 0.5) is 0 Å². The summed E-state index contributed by atoms with van der Waals surface area (Å²) in [6.45, 7) is 10.1. The fourth-order valence-electron chi connectivity index (χ4n) is 1.89. The molecule has 0 bridgehead atoms. The Balaban J connectivity index is 2.30. The van der Waals surface area contributed by atoms with Crippen LogP contribution in [-0.2, 0) is 0 Å². The molecule has 0 aliphatic carbocycles. The largest absolute Gasteiger partial charge is 0.329 e. The number of hydrogen-bond acceptors (Lipinski definition) is 2. The molecule has 66 valence electrons.